The second-order valence-electron chi connectivity index (χ2n) is 5.16. The molecule has 7 heteroatoms. The van der Waals surface area contributed by atoms with Gasteiger partial charge in [0.15, 0.2) is 17.3 Å². The van der Waals surface area contributed by atoms with E-state index in [2.05, 4.69) is 15.1 Å². The Morgan fingerprint density at radius 2 is 1.95 bits per heavy atom. The summed E-state index contributed by atoms with van der Waals surface area (Å²) in [6, 6.07) is 3.72. The number of nitrogens with zero attached hydrogens (tertiary/aromatic N) is 5. The van der Waals surface area contributed by atoms with Crippen LogP contribution in [0.25, 0.3) is 11.0 Å². The Bertz CT molecular complexity index is 830. The van der Waals surface area contributed by atoms with Crippen LogP contribution in [0.4, 0.5) is 14.6 Å². The van der Waals surface area contributed by atoms with Gasteiger partial charge in [0.1, 0.15) is 12.1 Å². The molecule has 2 heterocycles. The average Bonchev–Trinajstić information content (AvgIpc) is 2.90. The van der Waals surface area contributed by atoms with E-state index >= 15 is 0 Å². The maximum Gasteiger partial charge on any atom is 0.163 e. The van der Waals surface area contributed by atoms with Crippen molar-refractivity contribution in [3.8, 4) is 0 Å². The van der Waals surface area contributed by atoms with Gasteiger partial charge < -0.3 is 4.90 Å². The number of anilines is 1. The van der Waals surface area contributed by atoms with Gasteiger partial charge in [-0.25, -0.2) is 18.7 Å². The number of aromatic nitrogens is 4. The van der Waals surface area contributed by atoms with Gasteiger partial charge in [-0.2, -0.15) is 5.10 Å². The van der Waals surface area contributed by atoms with Crippen LogP contribution in [0.3, 0.4) is 0 Å². The second-order valence-corrected chi connectivity index (χ2v) is 5.16. The van der Waals surface area contributed by atoms with Crippen molar-refractivity contribution in [1.29, 1.82) is 0 Å². The molecule has 0 saturated carbocycles. The highest BCUT2D eigenvalue weighted by Crippen LogP contribution is 2.29. The van der Waals surface area contributed by atoms with Crippen molar-refractivity contribution >= 4 is 16.9 Å². The highest BCUT2D eigenvalue weighted by atomic mass is 19.2. The predicted octanol–water partition coefficient (Wildman–Crippen LogP) is 2.84. The monoisotopic (exact) mass is 303 g/mol. The quantitative estimate of drug-likeness (QED) is 0.746. The zero-order valence-electron chi connectivity index (χ0n) is 12.5. The average molecular weight is 303 g/mol. The minimum Gasteiger partial charge on any atom is -0.352 e. The maximum atomic E-state index is 13.4. The lowest BCUT2D eigenvalue weighted by atomic mass is 10.1. The van der Waals surface area contributed by atoms with E-state index in [-0.39, 0.29) is 6.04 Å². The molecule has 0 aliphatic rings. The molecule has 114 valence electrons. The van der Waals surface area contributed by atoms with Gasteiger partial charge in [0.25, 0.3) is 0 Å². The lowest BCUT2D eigenvalue weighted by Crippen LogP contribution is -2.23. The topological polar surface area (TPSA) is 46.8 Å². The highest BCUT2D eigenvalue weighted by Gasteiger charge is 2.18. The number of halogens is 2. The lowest BCUT2D eigenvalue weighted by molar-refractivity contribution is 0.505. The fourth-order valence-corrected chi connectivity index (χ4v) is 2.41. The molecule has 0 aliphatic heterocycles. The third kappa shape index (κ3) is 2.28. The van der Waals surface area contributed by atoms with E-state index in [9.17, 15) is 8.78 Å². The summed E-state index contributed by atoms with van der Waals surface area (Å²) >= 11 is 0. The molecule has 0 unspecified atom stereocenters. The Morgan fingerprint density at radius 1 is 1.18 bits per heavy atom. The predicted molar refractivity (Wildman–Crippen MR) is 79.5 cm³/mol. The molecule has 0 radical (unpaired) electrons. The van der Waals surface area contributed by atoms with Crippen LogP contribution in [0.2, 0.25) is 0 Å². The molecule has 22 heavy (non-hydrogen) atoms. The number of aryl methyl sites for hydroxylation is 1. The zero-order valence-corrected chi connectivity index (χ0v) is 12.5. The molecular formula is C15H15F2N5. The van der Waals surface area contributed by atoms with Gasteiger partial charge >= 0.3 is 0 Å². The van der Waals surface area contributed by atoms with Gasteiger partial charge in [0.05, 0.1) is 17.6 Å². The molecule has 1 aromatic carbocycles. The normalized spacial score (nSPS) is 12.6. The Labute approximate surface area is 126 Å². The molecule has 3 rings (SSSR count). The molecule has 0 spiro atoms. The van der Waals surface area contributed by atoms with Crippen LogP contribution in [0.15, 0.2) is 30.7 Å². The molecule has 5 nitrogen and oxygen atoms in total. The number of rotatable bonds is 3. The van der Waals surface area contributed by atoms with Crippen molar-refractivity contribution in [2.24, 2.45) is 7.05 Å². The Hall–Kier alpha value is -2.57. The summed E-state index contributed by atoms with van der Waals surface area (Å²) < 4.78 is 28.2. The first-order valence-electron chi connectivity index (χ1n) is 6.79. The number of fused-ring (bicyclic) bond motifs is 1. The summed E-state index contributed by atoms with van der Waals surface area (Å²) in [5, 5.41) is 4.98. The van der Waals surface area contributed by atoms with Gasteiger partial charge in [-0.05, 0) is 24.6 Å². The molecule has 0 aliphatic carbocycles. The van der Waals surface area contributed by atoms with Crippen LogP contribution in [0.1, 0.15) is 18.5 Å². The third-order valence-corrected chi connectivity index (χ3v) is 3.85. The molecule has 1 atom stereocenters. The van der Waals surface area contributed by atoms with Crippen molar-refractivity contribution in [2.45, 2.75) is 13.0 Å². The third-order valence-electron chi connectivity index (χ3n) is 3.85. The van der Waals surface area contributed by atoms with Crippen molar-refractivity contribution in [3.63, 3.8) is 0 Å². The first-order valence-corrected chi connectivity index (χ1v) is 6.79. The van der Waals surface area contributed by atoms with Crippen molar-refractivity contribution in [1.82, 2.24) is 19.7 Å². The standard InChI is InChI=1S/C15H15F2N5/c1-9(10-4-5-12(16)13(17)6-10)21(2)14-11-7-20-22(3)15(11)19-8-18-14/h4-9H,1-3H3/t9-/m0/s1. The molecule has 3 aromatic rings. The lowest BCUT2D eigenvalue weighted by Gasteiger charge is -2.26. The molecule has 0 N–H and O–H groups in total. The summed E-state index contributed by atoms with van der Waals surface area (Å²) in [5.74, 6) is -1.02. The molecule has 0 amide bonds. The molecule has 0 bridgehead atoms. The van der Waals surface area contributed by atoms with Crippen LogP contribution in [0.5, 0.6) is 0 Å². The summed E-state index contributed by atoms with van der Waals surface area (Å²) in [6.45, 7) is 1.90. The summed E-state index contributed by atoms with van der Waals surface area (Å²) in [7, 11) is 3.65. The Balaban J connectivity index is 2.01. The largest absolute Gasteiger partial charge is 0.352 e. The Morgan fingerprint density at radius 3 is 2.68 bits per heavy atom. The zero-order chi connectivity index (χ0) is 15.9. The SMILES string of the molecule is C[C@@H](c1ccc(F)c(F)c1)N(C)c1ncnc2c1cnn2C. The summed E-state index contributed by atoms with van der Waals surface area (Å²) in [5.41, 5.74) is 1.38. The van der Waals surface area contributed by atoms with E-state index in [1.54, 1.807) is 24.0 Å². The van der Waals surface area contributed by atoms with E-state index in [1.165, 1.54) is 12.4 Å². The van der Waals surface area contributed by atoms with Crippen molar-refractivity contribution in [2.75, 3.05) is 11.9 Å². The van der Waals surface area contributed by atoms with Crippen molar-refractivity contribution < 1.29 is 8.78 Å². The summed E-state index contributed by atoms with van der Waals surface area (Å²) in [4.78, 5) is 10.4. The fraction of sp³-hybridized carbons (Fsp3) is 0.267. The van der Waals surface area contributed by atoms with E-state index in [4.69, 9.17) is 0 Å². The highest BCUT2D eigenvalue weighted by molar-refractivity contribution is 5.86. The van der Waals surface area contributed by atoms with E-state index in [1.807, 2.05) is 18.9 Å². The number of benzene rings is 1. The van der Waals surface area contributed by atoms with E-state index < -0.39 is 11.6 Å². The smallest absolute Gasteiger partial charge is 0.163 e. The van der Waals surface area contributed by atoms with E-state index in [0.29, 0.717) is 17.0 Å². The minimum atomic E-state index is -0.855. The molecule has 0 saturated heterocycles. The maximum absolute atomic E-state index is 13.4. The van der Waals surface area contributed by atoms with Gasteiger partial charge in [-0.3, -0.25) is 4.68 Å². The molecular weight excluding hydrogens is 288 g/mol. The first kappa shape index (κ1) is 14.4. The van der Waals surface area contributed by atoms with Crippen molar-refractivity contribution in [3.05, 3.63) is 47.9 Å². The van der Waals surface area contributed by atoms with Crippen LogP contribution in [0, 0.1) is 11.6 Å². The van der Waals surface area contributed by atoms with Crippen LogP contribution in [-0.2, 0) is 7.05 Å². The van der Waals surface area contributed by atoms with Crippen LogP contribution < -0.4 is 4.90 Å². The first-order chi connectivity index (χ1) is 10.5. The number of hydrogen-bond acceptors (Lipinski definition) is 4. The van der Waals surface area contributed by atoms with Gasteiger partial charge in [0.2, 0.25) is 0 Å². The molecule has 2 aromatic heterocycles. The Kier molecular flexibility index (Phi) is 3.48. The van der Waals surface area contributed by atoms with Gasteiger partial charge in [-0.15, -0.1) is 0 Å². The van der Waals surface area contributed by atoms with Crippen LogP contribution >= 0.6 is 0 Å². The second kappa shape index (κ2) is 5.32. The van der Waals surface area contributed by atoms with Crippen LogP contribution in [-0.4, -0.2) is 26.8 Å². The molecule has 0 fully saturated rings. The van der Waals surface area contributed by atoms with Gasteiger partial charge in [0, 0.05) is 14.1 Å². The minimum absolute atomic E-state index is 0.187. The van der Waals surface area contributed by atoms with Gasteiger partial charge in [-0.1, -0.05) is 6.07 Å². The fourth-order valence-electron chi connectivity index (χ4n) is 2.41. The van der Waals surface area contributed by atoms with E-state index in [0.717, 1.165) is 11.5 Å². The summed E-state index contributed by atoms with van der Waals surface area (Å²) in [6.07, 6.45) is 3.16. The number of hydrogen-bond donors (Lipinski definition) is 0.